The molecule has 1 aliphatic carbocycles. The van der Waals surface area contributed by atoms with E-state index in [4.69, 9.17) is 4.98 Å². The van der Waals surface area contributed by atoms with Crippen LogP contribution < -0.4 is 10.2 Å². The molecule has 0 amide bonds. The summed E-state index contributed by atoms with van der Waals surface area (Å²) in [5.74, 6) is 3.54. The van der Waals surface area contributed by atoms with Crippen LogP contribution in [0.4, 0.5) is 11.6 Å². The maximum Gasteiger partial charge on any atom is 0.136 e. The average Bonchev–Trinajstić information content (AvgIpc) is 3.38. The van der Waals surface area contributed by atoms with Gasteiger partial charge in [-0.3, -0.25) is 0 Å². The van der Waals surface area contributed by atoms with E-state index >= 15 is 0 Å². The van der Waals surface area contributed by atoms with Gasteiger partial charge in [0, 0.05) is 36.6 Å². The molecule has 1 aromatic heterocycles. The Labute approximate surface area is 139 Å². The van der Waals surface area contributed by atoms with Crippen LogP contribution in [0, 0.1) is 0 Å². The third-order valence-corrected chi connectivity index (χ3v) is 4.93. The van der Waals surface area contributed by atoms with Crippen molar-refractivity contribution < 1.29 is 0 Å². The van der Waals surface area contributed by atoms with Gasteiger partial charge in [0.15, 0.2) is 0 Å². The van der Waals surface area contributed by atoms with Crippen LogP contribution in [0.1, 0.15) is 35.7 Å². The fraction of sp³-hybridized carbons (Fsp3) is 0.412. The van der Waals surface area contributed by atoms with E-state index < -0.39 is 0 Å². The third-order valence-electron chi connectivity index (χ3n) is 4.43. The van der Waals surface area contributed by atoms with Crippen LogP contribution in [0.25, 0.3) is 0 Å². The molecule has 0 spiro atoms. The van der Waals surface area contributed by atoms with Crippen LogP contribution in [-0.2, 0) is 13.0 Å². The van der Waals surface area contributed by atoms with Crippen molar-refractivity contribution in [3.8, 4) is 0 Å². The minimum absolute atomic E-state index is 0.568. The summed E-state index contributed by atoms with van der Waals surface area (Å²) in [4.78, 5) is 11.8. The largest absolute Gasteiger partial charge is 0.373 e. The van der Waals surface area contributed by atoms with Gasteiger partial charge in [0.2, 0.25) is 0 Å². The number of halogens is 1. The zero-order valence-electron chi connectivity index (χ0n) is 12.6. The number of anilines is 2. The van der Waals surface area contributed by atoms with E-state index in [2.05, 4.69) is 55.4 Å². The highest BCUT2D eigenvalue weighted by Crippen LogP contribution is 2.39. The van der Waals surface area contributed by atoms with E-state index in [0.717, 1.165) is 41.4 Å². The first-order valence-corrected chi connectivity index (χ1v) is 8.61. The van der Waals surface area contributed by atoms with Gasteiger partial charge in [0.1, 0.15) is 17.5 Å². The second-order valence-electron chi connectivity index (χ2n) is 6.08. The lowest BCUT2D eigenvalue weighted by molar-refractivity contribution is 0.714. The molecule has 0 radical (unpaired) electrons. The third kappa shape index (κ3) is 2.70. The molecule has 22 heavy (non-hydrogen) atoms. The van der Waals surface area contributed by atoms with Gasteiger partial charge >= 0.3 is 0 Å². The maximum atomic E-state index is 4.83. The molecular weight excluding hydrogens is 340 g/mol. The molecule has 4 rings (SSSR count). The molecule has 1 saturated carbocycles. The van der Waals surface area contributed by atoms with E-state index in [1.54, 1.807) is 0 Å². The van der Waals surface area contributed by atoms with Crippen LogP contribution in [-0.4, -0.2) is 23.6 Å². The van der Waals surface area contributed by atoms with Crippen molar-refractivity contribution in [1.82, 2.24) is 9.97 Å². The normalized spacial score (nSPS) is 17.3. The van der Waals surface area contributed by atoms with Crippen molar-refractivity contribution in [3.63, 3.8) is 0 Å². The highest BCUT2D eigenvalue weighted by molar-refractivity contribution is 9.10. The van der Waals surface area contributed by atoms with Gasteiger partial charge in [0.25, 0.3) is 0 Å². The van der Waals surface area contributed by atoms with Crippen LogP contribution in [0.15, 0.2) is 28.7 Å². The number of nitrogens with zero attached hydrogens (tertiary/aromatic N) is 3. The Kier molecular flexibility index (Phi) is 3.53. The maximum absolute atomic E-state index is 4.83. The fourth-order valence-electron chi connectivity index (χ4n) is 2.99. The summed E-state index contributed by atoms with van der Waals surface area (Å²) in [6, 6.07) is 8.65. The lowest BCUT2D eigenvalue weighted by Gasteiger charge is -2.30. The minimum atomic E-state index is 0.568. The van der Waals surface area contributed by atoms with Crippen molar-refractivity contribution in [1.29, 1.82) is 0 Å². The van der Waals surface area contributed by atoms with Gasteiger partial charge < -0.3 is 10.2 Å². The Morgan fingerprint density at radius 2 is 2.05 bits per heavy atom. The molecule has 1 fully saturated rings. The number of hydrogen-bond acceptors (Lipinski definition) is 4. The van der Waals surface area contributed by atoms with Gasteiger partial charge in [0.05, 0.1) is 0 Å². The van der Waals surface area contributed by atoms with Crippen molar-refractivity contribution in [2.45, 2.75) is 31.7 Å². The summed E-state index contributed by atoms with van der Waals surface area (Å²) in [7, 11) is 1.92. The summed E-state index contributed by atoms with van der Waals surface area (Å²) in [5.41, 5.74) is 2.84. The first-order chi connectivity index (χ1) is 10.7. The number of fused-ring (bicyclic) bond motifs is 1. The predicted octanol–water partition coefficient (Wildman–Crippen LogP) is 3.72. The Bertz CT molecular complexity index is 712. The van der Waals surface area contributed by atoms with Gasteiger partial charge in [-0.25, -0.2) is 9.97 Å². The van der Waals surface area contributed by atoms with E-state index in [1.165, 1.54) is 24.0 Å². The lowest BCUT2D eigenvalue weighted by Crippen LogP contribution is -2.31. The molecule has 0 unspecified atom stereocenters. The van der Waals surface area contributed by atoms with Crippen LogP contribution in [0.3, 0.4) is 0 Å². The van der Waals surface area contributed by atoms with E-state index in [1.807, 2.05) is 7.05 Å². The zero-order chi connectivity index (χ0) is 15.1. The van der Waals surface area contributed by atoms with E-state index in [0.29, 0.717) is 5.92 Å². The number of hydrogen-bond donors (Lipinski definition) is 1. The Balaban J connectivity index is 1.66. The van der Waals surface area contributed by atoms with Gasteiger partial charge in [-0.05, 0) is 42.5 Å². The molecule has 114 valence electrons. The van der Waals surface area contributed by atoms with Crippen molar-refractivity contribution in [2.75, 3.05) is 23.8 Å². The monoisotopic (exact) mass is 358 g/mol. The topological polar surface area (TPSA) is 41.0 Å². The Hall–Kier alpha value is -1.62. The fourth-order valence-corrected chi connectivity index (χ4v) is 3.40. The van der Waals surface area contributed by atoms with Gasteiger partial charge in [-0.1, -0.05) is 22.0 Å². The second-order valence-corrected chi connectivity index (χ2v) is 6.99. The molecule has 0 bridgehead atoms. The van der Waals surface area contributed by atoms with Crippen LogP contribution in [0.2, 0.25) is 0 Å². The van der Waals surface area contributed by atoms with Crippen molar-refractivity contribution in [3.05, 3.63) is 45.7 Å². The standard InChI is InChI=1S/C17H19BrN4/c1-19-15-9-16(21-17(20-15)12-2-3-12)22-7-6-11-4-5-14(18)8-13(11)10-22/h4-5,8-9,12H,2-3,6-7,10H2,1H3,(H,19,20,21). The summed E-state index contributed by atoms with van der Waals surface area (Å²) in [6.45, 7) is 1.93. The van der Waals surface area contributed by atoms with Crippen molar-refractivity contribution in [2.24, 2.45) is 0 Å². The minimum Gasteiger partial charge on any atom is -0.373 e. The SMILES string of the molecule is CNc1cc(N2CCc3ccc(Br)cc3C2)nc(C2CC2)n1. The number of nitrogens with one attached hydrogen (secondary N) is 1. The molecule has 2 heterocycles. The van der Waals surface area contributed by atoms with Crippen LogP contribution >= 0.6 is 15.9 Å². The molecule has 1 N–H and O–H groups in total. The van der Waals surface area contributed by atoms with E-state index in [-0.39, 0.29) is 0 Å². The average molecular weight is 359 g/mol. The van der Waals surface area contributed by atoms with E-state index in [9.17, 15) is 0 Å². The molecule has 4 nitrogen and oxygen atoms in total. The molecule has 2 aliphatic rings. The molecule has 5 heteroatoms. The first-order valence-electron chi connectivity index (χ1n) is 7.82. The molecule has 0 saturated heterocycles. The summed E-state index contributed by atoms with van der Waals surface area (Å²) >= 11 is 3.57. The zero-order valence-corrected chi connectivity index (χ0v) is 14.2. The summed E-state index contributed by atoms with van der Waals surface area (Å²) < 4.78 is 1.14. The van der Waals surface area contributed by atoms with Gasteiger partial charge in [-0.15, -0.1) is 0 Å². The van der Waals surface area contributed by atoms with Gasteiger partial charge in [-0.2, -0.15) is 0 Å². The summed E-state index contributed by atoms with van der Waals surface area (Å²) in [5, 5.41) is 3.17. The summed E-state index contributed by atoms with van der Waals surface area (Å²) in [6.07, 6.45) is 3.52. The lowest BCUT2D eigenvalue weighted by atomic mass is 10.00. The molecular formula is C17H19BrN4. The Morgan fingerprint density at radius 3 is 2.82 bits per heavy atom. The highest BCUT2D eigenvalue weighted by Gasteiger charge is 2.28. The molecule has 2 aromatic rings. The molecule has 0 atom stereocenters. The highest BCUT2D eigenvalue weighted by atomic mass is 79.9. The number of aromatic nitrogens is 2. The van der Waals surface area contributed by atoms with Crippen molar-refractivity contribution >= 4 is 27.6 Å². The second kappa shape index (κ2) is 5.54. The quantitative estimate of drug-likeness (QED) is 0.907. The number of rotatable bonds is 3. The smallest absolute Gasteiger partial charge is 0.136 e. The first kappa shape index (κ1) is 14.0. The van der Waals surface area contributed by atoms with Crippen LogP contribution in [0.5, 0.6) is 0 Å². The molecule has 1 aliphatic heterocycles. The Morgan fingerprint density at radius 1 is 1.18 bits per heavy atom. The molecule has 1 aromatic carbocycles. The number of benzene rings is 1. The predicted molar refractivity (Wildman–Crippen MR) is 92.4 cm³/mol.